The van der Waals surface area contributed by atoms with Gasteiger partial charge in [0.1, 0.15) is 5.15 Å². The Morgan fingerprint density at radius 3 is 2.78 bits per heavy atom. The number of carbonyl (C=O) groups is 2. The lowest BCUT2D eigenvalue weighted by molar-refractivity contribution is -0.118. The highest BCUT2D eigenvalue weighted by Crippen LogP contribution is 2.14. The Kier molecular flexibility index (Phi) is 5.38. The fourth-order valence-corrected chi connectivity index (χ4v) is 1.52. The molecule has 0 saturated heterocycles. The van der Waals surface area contributed by atoms with E-state index in [-0.39, 0.29) is 22.7 Å². The zero-order chi connectivity index (χ0) is 13.5. The lowest BCUT2D eigenvalue weighted by atomic mass is 10.2. The summed E-state index contributed by atoms with van der Waals surface area (Å²) in [6.07, 6.45) is 2.97. The summed E-state index contributed by atoms with van der Waals surface area (Å²) < 4.78 is 0. The molecule has 0 unspecified atom stereocenters. The molecule has 18 heavy (non-hydrogen) atoms. The quantitative estimate of drug-likeness (QED) is 0.522. The molecule has 5 N–H and O–H groups in total. The summed E-state index contributed by atoms with van der Waals surface area (Å²) in [5, 5.41) is 2.89. The van der Waals surface area contributed by atoms with Crippen molar-refractivity contribution in [2.75, 3.05) is 12.3 Å². The Hall–Kier alpha value is -1.82. The molecule has 0 spiro atoms. The zero-order valence-corrected chi connectivity index (χ0v) is 10.5. The summed E-state index contributed by atoms with van der Waals surface area (Å²) in [6.45, 7) is 0.450. The Bertz CT molecular complexity index is 451. The number of halogens is 1. The molecule has 1 aromatic heterocycles. The van der Waals surface area contributed by atoms with Gasteiger partial charge in [-0.15, -0.1) is 0 Å². The van der Waals surface area contributed by atoms with Crippen LogP contribution in [-0.4, -0.2) is 23.3 Å². The van der Waals surface area contributed by atoms with E-state index in [1.165, 1.54) is 12.3 Å². The van der Waals surface area contributed by atoms with Crippen LogP contribution >= 0.6 is 11.6 Å². The first kappa shape index (κ1) is 14.2. The van der Waals surface area contributed by atoms with Crippen molar-refractivity contribution in [1.82, 2.24) is 10.3 Å². The molecule has 0 radical (unpaired) electrons. The van der Waals surface area contributed by atoms with Crippen molar-refractivity contribution in [2.24, 2.45) is 5.73 Å². The number of rotatable bonds is 6. The summed E-state index contributed by atoms with van der Waals surface area (Å²) in [7, 11) is 0. The van der Waals surface area contributed by atoms with E-state index in [0.29, 0.717) is 31.4 Å². The number of pyridine rings is 1. The van der Waals surface area contributed by atoms with E-state index in [2.05, 4.69) is 10.3 Å². The number of primary amides is 1. The molecule has 6 nitrogen and oxygen atoms in total. The minimum absolute atomic E-state index is 0.211. The average Bonchev–Trinajstić information content (AvgIpc) is 2.31. The fraction of sp³-hybridized carbons (Fsp3) is 0.364. The second-order valence-electron chi connectivity index (χ2n) is 3.77. The second kappa shape index (κ2) is 6.80. The van der Waals surface area contributed by atoms with Crippen LogP contribution in [0.1, 0.15) is 29.6 Å². The third-order valence-corrected chi connectivity index (χ3v) is 2.49. The third-order valence-electron chi connectivity index (χ3n) is 2.28. The van der Waals surface area contributed by atoms with Crippen molar-refractivity contribution in [1.29, 1.82) is 0 Å². The SMILES string of the molecule is NC(=O)CCCCNC(=O)c1cc(Cl)ncc1N. The Labute approximate surface area is 110 Å². The minimum atomic E-state index is -0.341. The van der Waals surface area contributed by atoms with Gasteiger partial charge in [-0.25, -0.2) is 4.98 Å². The van der Waals surface area contributed by atoms with Crippen molar-refractivity contribution in [3.8, 4) is 0 Å². The summed E-state index contributed by atoms with van der Waals surface area (Å²) >= 11 is 5.68. The highest BCUT2D eigenvalue weighted by molar-refractivity contribution is 6.29. The molecular weight excluding hydrogens is 256 g/mol. The maximum Gasteiger partial charge on any atom is 0.253 e. The maximum absolute atomic E-state index is 11.7. The molecular formula is C11H15ClN4O2. The Morgan fingerprint density at radius 1 is 1.39 bits per heavy atom. The monoisotopic (exact) mass is 270 g/mol. The molecule has 98 valence electrons. The Balaban J connectivity index is 2.41. The molecule has 0 atom stereocenters. The molecule has 0 aliphatic rings. The van der Waals surface area contributed by atoms with E-state index in [1.54, 1.807) is 0 Å². The van der Waals surface area contributed by atoms with E-state index in [9.17, 15) is 9.59 Å². The molecule has 0 fully saturated rings. The largest absolute Gasteiger partial charge is 0.397 e. The summed E-state index contributed by atoms with van der Waals surface area (Å²) in [5.74, 6) is -0.651. The van der Waals surface area contributed by atoms with E-state index in [1.807, 2.05) is 0 Å². The van der Waals surface area contributed by atoms with Gasteiger partial charge in [-0.3, -0.25) is 9.59 Å². The number of aromatic nitrogens is 1. The molecule has 0 aliphatic heterocycles. The van der Waals surface area contributed by atoms with Crippen molar-refractivity contribution < 1.29 is 9.59 Å². The van der Waals surface area contributed by atoms with Gasteiger partial charge in [0.05, 0.1) is 17.4 Å². The molecule has 0 saturated carbocycles. The lowest BCUT2D eigenvalue weighted by Crippen LogP contribution is -2.25. The van der Waals surface area contributed by atoms with Crippen LogP contribution in [-0.2, 0) is 4.79 Å². The van der Waals surface area contributed by atoms with Crippen LogP contribution in [0.4, 0.5) is 5.69 Å². The van der Waals surface area contributed by atoms with Crippen molar-refractivity contribution in [3.63, 3.8) is 0 Å². The molecule has 2 amide bonds. The number of carbonyl (C=O) groups excluding carboxylic acids is 2. The summed E-state index contributed by atoms with van der Waals surface area (Å²) in [5.41, 5.74) is 11.2. The van der Waals surface area contributed by atoms with Gasteiger partial charge < -0.3 is 16.8 Å². The van der Waals surface area contributed by atoms with Crippen LogP contribution < -0.4 is 16.8 Å². The predicted molar refractivity (Wildman–Crippen MR) is 69.0 cm³/mol. The molecule has 0 aromatic carbocycles. The number of anilines is 1. The lowest BCUT2D eigenvalue weighted by Gasteiger charge is -2.07. The standard InChI is InChI=1S/C11H15ClN4O2/c12-9-5-7(8(13)6-16-9)11(18)15-4-2-1-3-10(14)17/h5-6H,1-4,13H2,(H2,14,17)(H,15,18). The highest BCUT2D eigenvalue weighted by Gasteiger charge is 2.10. The van der Waals surface area contributed by atoms with Gasteiger partial charge in [0.25, 0.3) is 5.91 Å². The third kappa shape index (κ3) is 4.58. The molecule has 0 aliphatic carbocycles. The van der Waals surface area contributed by atoms with Gasteiger partial charge in [0.15, 0.2) is 0 Å². The normalized spacial score (nSPS) is 10.1. The van der Waals surface area contributed by atoms with Gasteiger partial charge >= 0.3 is 0 Å². The number of hydrogen-bond acceptors (Lipinski definition) is 4. The number of nitrogen functional groups attached to an aromatic ring is 1. The topological polar surface area (TPSA) is 111 Å². The number of unbranched alkanes of at least 4 members (excludes halogenated alkanes) is 1. The van der Waals surface area contributed by atoms with Crippen LogP contribution in [0.5, 0.6) is 0 Å². The van der Waals surface area contributed by atoms with Crippen LogP contribution in [0.2, 0.25) is 5.15 Å². The van der Waals surface area contributed by atoms with Crippen LogP contribution in [0.25, 0.3) is 0 Å². The number of nitrogens with two attached hydrogens (primary N) is 2. The van der Waals surface area contributed by atoms with Gasteiger partial charge in [0, 0.05) is 13.0 Å². The average molecular weight is 271 g/mol. The van der Waals surface area contributed by atoms with Crippen molar-refractivity contribution in [3.05, 3.63) is 23.0 Å². The Morgan fingerprint density at radius 2 is 2.11 bits per heavy atom. The maximum atomic E-state index is 11.7. The van der Waals surface area contributed by atoms with Crippen LogP contribution in [0.15, 0.2) is 12.3 Å². The molecule has 1 rings (SSSR count). The first-order valence-electron chi connectivity index (χ1n) is 5.48. The van der Waals surface area contributed by atoms with Gasteiger partial charge in [-0.1, -0.05) is 11.6 Å². The minimum Gasteiger partial charge on any atom is -0.397 e. The van der Waals surface area contributed by atoms with Gasteiger partial charge in [-0.2, -0.15) is 0 Å². The van der Waals surface area contributed by atoms with Crippen molar-refractivity contribution >= 4 is 29.1 Å². The predicted octanol–water partition coefficient (Wildman–Crippen LogP) is 0.703. The van der Waals surface area contributed by atoms with Gasteiger partial charge in [-0.05, 0) is 18.9 Å². The fourth-order valence-electron chi connectivity index (χ4n) is 1.36. The van der Waals surface area contributed by atoms with Crippen LogP contribution in [0, 0.1) is 0 Å². The van der Waals surface area contributed by atoms with E-state index in [4.69, 9.17) is 23.1 Å². The smallest absolute Gasteiger partial charge is 0.253 e. The molecule has 1 aromatic rings. The molecule has 0 bridgehead atoms. The summed E-state index contributed by atoms with van der Waals surface area (Å²) in [4.78, 5) is 26.0. The van der Waals surface area contributed by atoms with E-state index >= 15 is 0 Å². The van der Waals surface area contributed by atoms with Crippen LogP contribution in [0.3, 0.4) is 0 Å². The van der Waals surface area contributed by atoms with Crippen molar-refractivity contribution in [2.45, 2.75) is 19.3 Å². The summed E-state index contributed by atoms with van der Waals surface area (Å²) in [6, 6.07) is 1.41. The second-order valence-corrected chi connectivity index (χ2v) is 4.16. The number of nitrogens with zero attached hydrogens (tertiary/aromatic N) is 1. The molecule has 1 heterocycles. The first-order chi connectivity index (χ1) is 8.50. The zero-order valence-electron chi connectivity index (χ0n) is 9.78. The van der Waals surface area contributed by atoms with E-state index < -0.39 is 0 Å². The van der Waals surface area contributed by atoms with E-state index in [0.717, 1.165) is 0 Å². The number of nitrogens with one attached hydrogen (secondary N) is 1. The number of hydrogen-bond donors (Lipinski definition) is 3. The first-order valence-corrected chi connectivity index (χ1v) is 5.86. The highest BCUT2D eigenvalue weighted by atomic mass is 35.5. The molecule has 7 heteroatoms. The van der Waals surface area contributed by atoms with Gasteiger partial charge in [0.2, 0.25) is 5.91 Å². The number of amides is 2.